The van der Waals surface area contributed by atoms with Gasteiger partial charge in [0.15, 0.2) is 5.96 Å². The monoisotopic (exact) mass is 317 g/mol. The molecule has 0 saturated heterocycles. The molecule has 0 unspecified atom stereocenters. The molecule has 0 radical (unpaired) electrons. The second-order valence-corrected chi connectivity index (χ2v) is 4.94. The van der Waals surface area contributed by atoms with Crippen LogP contribution in [-0.2, 0) is 11.2 Å². The zero-order chi connectivity index (χ0) is 14.8. The minimum atomic E-state index is 0.604. The Balaban J connectivity index is 2.49. The molecule has 0 aliphatic carbocycles. The Hall–Kier alpha value is -0.970. The molecule has 0 aromatic heterocycles. The molecule has 1 aromatic carbocycles. The van der Waals surface area contributed by atoms with Crippen LogP contribution in [0.2, 0.25) is 10.0 Å². The van der Waals surface area contributed by atoms with Crippen molar-refractivity contribution in [1.29, 1.82) is 0 Å². The number of methoxy groups -OCH3 is 1. The van der Waals surface area contributed by atoms with E-state index in [-0.39, 0.29) is 0 Å². The molecular weight excluding hydrogens is 297 g/mol. The summed E-state index contributed by atoms with van der Waals surface area (Å²) in [6.07, 6.45) is 0.743. The lowest BCUT2D eigenvalue weighted by Gasteiger charge is -2.12. The van der Waals surface area contributed by atoms with Crippen LogP contribution in [0, 0.1) is 0 Å². The summed E-state index contributed by atoms with van der Waals surface area (Å²) in [5, 5.41) is 7.81. The van der Waals surface area contributed by atoms with Gasteiger partial charge in [0.25, 0.3) is 0 Å². The third-order valence-corrected chi connectivity index (χ3v) is 3.35. The van der Waals surface area contributed by atoms with Crippen molar-refractivity contribution in [3.8, 4) is 0 Å². The number of nitrogens with zero attached hydrogens (tertiary/aromatic N) is 1. The fourth-order valence-electron chi connectivity index (χ4n) is 1.67. The van der Waals surface area contributed by atoms with Crippen molar-refractivity contribution < 1.29 is 4.74 Å². The van der Waals surface area contributed by atoms with E-state index in [9.17, 15) is 0 Å². The summed E-state index contributed by atoms with van der Waals surface area (Å²) in [5.41, 5.74) is 0.955. The maximum absolute atomic E-state index is 6.13. The second kappa shape index (κ2) is 9.86. The van der Waals surface area contributed by atoms with E-state index in [2.05, 4.69) is 15.6 Å². The highest BCUT2D eigenvalue weighted by molar-refractivity contribution is 6.35. The Morgan fingerprint density at radius 2 is 1.95 bits per heavy atom. The molecular formula is C14H21Cl2N3O. The van der Waals surface area contributed by atoms with Crippen LogP contribution in [0.5, 0.6) is 0 Å². The molecule has 0 amide bonds. The molecule has 0 aliphatic rings. The lowest BCUT2D eigenvalue weighted by atomic mass is 10.1. The largest absolute Gasteiger partial charge is 0.383 e. The summed E-state index contributed by atoms with van der Waals surface area (Å²) < 4.78 is 4.98. The molecule has 0 aliphatic heterocycles. The average molecular weight is 318 g/mol. The molecule has 0 atom stereocenters. The molecule has 112 valence electrons. The average Bonchev–Trinajstić information content (AvgIpc) is 2.42. The first-order valence-corrected chi connectivity index (χ1v) is 7.38. The molecule has 1 rings (SSSR count). The van der Waals surface area contributed by atoms with Gasteiger partial charge in [0.05, 0.1) is 13.2 Å². The standard InChI is InChI=1S/C14H21Cl2N3O/c1-3-17-14(19-9-10-20-2)18-8-7-11-12(15)5-4-6-13(11)16/h4-6H,3,7-10H2,1-2H3,(H2,17,18,19). The van der Waals surface area contributed by atoms with Gasteiger partial charge in [-0.15, -0.1) is 0 Å². The number of benzene rings is 1. The van der Waals surface area contributed by atoms with Crippen LogP contribution < -0.4 is 10.6 Å². The minimum Gasteiger partial charge on any atom is -0.383 e. The number of hydrogen-bond acceptors (Lipinski definition) is 2. The first-order chi connectivity index (χ1) is 9.69. The highest BCUT2D eigenvalue weighted by Gasteiger charge is 2.05. The van der Waals surface area contributed by atoms with E-state index in [1.54, 1.807) is 7.11 Å². The predicted octanol–water partition coefficient (Wildman–Crippen LogP) is 2.74. The number of ether oxygens (including phenoxy) is 1. The van der Waals surface area contributed by atoms with Crippen molar-refractivity contribution in [2.24, 2.45) is 4.99 Å². The number of aliphatic imine (C=N–C) groups is 1. The molecule has 1 aromatic rings. The number of rotatable bonds is 7. The van der Waals surface area contributed by atoms with Crippen molar-refractivity contribution >= 4 is 29.2 Å². The maximum Gasteiger partial charge on any atom is 0.191 e. The third kappa shape index (κ3) is 5.99. The SMILES string of the molecule is CCNC(=NCCOC)NCCc1c(Cl)cccc1Cl. The van der Waals surface area contributed by atoms with Crippen molar-refractivity contribution in [1.82, 2.24) is 10.6 Å². The van der Waals surface area contributed by atoms with E-state index in [0.717, 1.165) is 24.5 Å². The van der Waals surface area contributed by atoms with Crippen LogP contribution >= 0.6 is 23.2 Å². The number of nitrogens with one attached hydrogen (secondary N) is 2. The van der Waals surface area contributed by atoms with Gasteiger partial charge in [-0.05, 0) is 31.0 Å². The van der Waals surface area contributed by atoms with Gasteiger partial charge in [-0.2, -0.15) is 0 Å². The Morgan fingerprint density at radius 3 is 2.55 bits per heavy atom. The molecule has 0 fully saturated rings. The molecule has 0 saturated carbocycles. The molecule has 20 heavy (non-hydrogen) atoms. The van der Waals surface area contributed by atoms with Gasteiger partial charge in [0.1, 0.15) is 0 Å². The second-order valence-electron chi connectivity index (χ2n) is 4.13. The zero-order valence-electron chi connectivity index (χ0n) is 11.9. The van der Waals surface area contributed by atoms with Crippen LogP contribution in [0.25, 0.3) is 0 Å². The van der Waals surface area contributed by atoms with Gasteiger partial charge < -0.3 is 15.4 Å². The summed E-state index contributed by atoms with van der Waals surface area (Å²) in [6.45, 7) is 4.78. The van der Waals surface area contributed by atoms with Crippen LogP contribution in [0.1, 0.15) is 12.5 Å². The van der Waals surface area contributed by atoms with Crippen molar-refractivity contribution in [2.75, 3.05) is 33.4 Å². The Labute approximate surface area is 130 Å². The number of guanidine groups is 1. The smallest absolute Gasteiger partial charge is 0.191 e. The van der Waals surface area contributed by atoms with Crippen LogP contribution in [-0.4, -0.2) is 39.3 Å². The number of hydrogen-bond donors (Lipinski definition) is 2. The van der Waals surface area contributed by atoms with Crippen molar-refractivity contribution in [3.05, 3.63) is 33.8 Å². The van der Waals surface area contributed by atoms with E-state index in [1.165, 1.54) is 0 Å². The van der Waals surface area contributed by atoms with Gasteiger partial charge in [0.2, 0.25) is 0 Å². The van der Waals surface area contributed by atoms with Gasteiger partial charge in [-0.1, -0.05) is 29.3 Å². The quantitative estimate of drug-likeness (QED) is 0.462. The first kappa shape index (κ1) is 17.1. The normalized spacial score (nSPS) is 11.5. The van der Waals surface area contributed by atoms with E-state index in [1.807, 2.05) is 25.1 Å². The minimum absolute atomic E-state index is 0.604. The lowest BCUT2D eigenvalue weighted by Crippen LogP contribution is -2.38. The summed E-state index contributed by atoms with van der Waals surface area (Å²) in [6, 6.07) is 5.54. The molecule has 0 bridgehead atoms. The van der Waals surface area contributed by atoms with E-state index in [4.69, 9.17) is 27.9 Å². The summed E-state index contributed by atoms with van der Waals surface area (Å²) >= 11 is 12.3. The number of halogens is 2. The molecule has 0 heterocycles. The first-order valence-electron chi connectivity index (χ1n) is 6.63. The van der Waals surface area contributed by atoms with E-state index in [0.29, 0.717) is 29.7 Å². The van der Waals surface area contributed by atoms with Crippen LogP contribution in [0.4, 0.5) is 0 Å². The summed E-state index contributed by atoms with van der Waals surface area (Å²) in [4.78, 5) is 4.38. The van der Waals surface area contributed by atoms with Crippen molar-refractivity contribution in [3.63, 3.8) is 0 Å². The summed E-state index contributed by atoms with van der Waals surface area (Å²) in [5.74, 6) is 0.771. The Morgan fingerprint density at radius 1 is 1.25 bits per heavy atom. The molecule has 2 N–H and O–H groups in total. The molecule has 0 spiro atoms. The molecule has 6 heteroatoms. The predicted molar refractivity (Wildman–Crippen MR) is 86.0 cm³/mol. The topological polar surface area (TPSA) is 45.7 Å². The van der Waals surface area contributed by atoms with Gasteiger partial charge in [-0.25, -0.2) is 0 Å². The highest BCUT2D eigenvalue weighted by atomic mass is 35.5. The Kier molecular flexibility index (Phi) is 8.42. The maximum atomic E-state index is 6.13. The van der Waals surface area contributed by atoms with Gasteiger partial charge in [0, 0.05) is 30.2 Å². The van der Waals surface area contributed by atoms with E-state index < -0.39 is 0 Å². The molecule has 4 nitrogen and oxygen atoms in total. The van der Waals surface area contributed by atoms with Gasteiger partial charge in [-0.3, -0.25) is 4.99 Å². The van der Waals surface area contributed by atoms with Crippen LogP contribution in [0.15, 0.2) is 23.2 Å². The zero-order valence-corrected chi connectivity index (χ0v) is 13.4. The Bertz CT molecular complexity index is 418. The van der Waals surface area contributed by atoms with E-state index >= 15 is 0 Å². The highest BCUT2D eigenvalue weighted by Crippen LogP contribution is 2.24. The lowest BCUT2D eigenvalue weighted by molar-refractivity contribution is 0.208. The fraction of sp³-hybridized carbons (Fsp3) is 0.500. The van der Waals surface area contributed by atoms with Crippen LogP contribution in [0.3, 0.4) is 0 Å². The van der Waals surface area contributed by atoms with Crippen molar-refractivity contribution in [2.45, 2.75) is 13.3 Å². The van der Waals surface area contributed by atoms with Gasteiger partial charge >= 0.3 is 0 Å². The fourth-order valence-corrected chi connectivity index (χ4v) is 2.25. The third-order valence-electron chi connectivity index (χ3n) is 2.64. The summed E-state index contributed by atoms with van der Waals surface area (Å²) in [7, 11) is 1.66.